The molecule has 2 N–H and O–H groups in total. The molecular formula is C15H22N2OS. The van der Waals surface area contributed by atoms with Crippen molar-refractivity contribution in [2.45, 2.75) is 39.7 Å². The molecule has 0 atom stereocenters. The standard InChI is InChI=1S/C15H22N2OS/c1-11(2)17(10-14(16)19)15(18)9-8-13-7-5-4-6-12(13)3/h4-7,11H,8-10H2,1-3H3,(H2,16,19). The van der Waals surface area contributed by atoms with Gasteiger partial charge in [0, 0.05) is 12.5 Å². The predicted molar refractivity (Wildman–Crippen MR) is 83.1 cm³/mol. The Labute approximate surface area is 120 Å². The third kappa shape index (κ3) is 4.99. The zero-order valence-corrected chi connectivity index (χ0v) is 12.7. The van der Waals surface area contributed by atoms with Gasteiger partial charge in [-0.2, -0.15) is 0 Å². The van der Waals surface area contributed by atoms with Crippen LogP contribution in [0.4, 0.5) is 0 Å². The number of benzene rings is 1. The van der Waals surface area contributed by atoms with Crippen molar-refractivity contribution in [3.05, 3.63) is 35.4 Å². The predicted octanol–water partition coefficient (Wildman–Crippen LogP) is 2.45. The molecule has 19 heavy (non-hydrogen) atoms. The normalized spacial score (nSPS) is 10.5. The lowest BCUT2D eigenvalue weighted by molar-refractivity contribution is -0.131. The van der Waals surface area contributed by atoms with Crippen molar-refractivity contribution in [3.63, 3.8) is 0 Å². The van der Waals surface area contributed by atoms with Crippen LogP contribution in [0.25, 0.3) is 0 Å². The first-order valence-corrected chi connectivity index (χ1v) is 6.95. The number of amides is 1. The minimum atomic E-state index is 0.103. The smallest absolute Gasteiger partial charge is 0.223 e. The summed E-state index contributed by atoms with van der Waals surface area (Å²) in [6, 6.07) is 8.26. The molecule has 0 bridgehead atoms. The fourth-order valence-corrected chi connectivity index (χ4v) is 2.14. The van der Waals surface area contributed by atoms with Crippen LogP contribution in [0, 0.1) is 6.92 Å². The van der Waals surface area contributed by atoms with Gasteiger partial charge in [-0.3, -0.25) is 4.79 Å². The molecule has 0 saturated carbocycles. The summed E-state index contributed by atoms with van der Waals surface area (Å²) in [4.78, 5) is 14.3. The van der Waals surface area contributed by atoms with Gasteiger partial charge in [0.2, 0.25) is 5.91 Å². The molecule has 0 aliphatic rings. The molecule has 0 heterocycles. The quantitative estimate of drug-likeness (QED) is 0.813. The number of nitrogens with two attached hydrogens (primary N) is 1. The number of rotatable bonds is 6. The average Bonchev–Trinajstić information content (AvgIpc) is 2.34. The Hall–Kier alpha value is -1.42. The van der Waals surface area contributed by atoms with Gasteiger partial charge in [0.15, 0.2) is 0 Å². The van der Waals surface area contributed by atoms with Crippen molar-refractivity contribution in [3.8, 4) is 0 Å². The molecule has 0 aromatic heterocycles. The molecule has 0 unspecified atom stereocenters. The minimum Gasteiger partial charge on any atom is -0.392 e. The van der Waals surface area contributed by atoms with E-state index in [-0.39, 0.29) is 11.9 Å². The fourth-order valence-electron chi connectivity index (χ4n) is 2.00. The summed E-state index contributed by atoms with van der Waals surface area (Å²) in [5.74, 6) is 0.103. The highest BCUT2D eigenvalue weighted by molar-refractivity contribution is 7.80. The number of aryl methyl sites for hydroxylation is 2. The first-order chi connectivity index (χ1) is 8.91. The molecule has 4 heteroatoms. The van der Waals surface area contributed by atoms with E-state index in [1.54, 1.807) is 4.90 Å². The summed E-state index contributed by atoms with van der Waals surface area (Å²) in [5.41, 5.74) is 7.98. The Morgan fingerprint density at radius 2 is 2.00 bits per heavy atom. The van der Waals surface area contributed by atoms with E-state index in [2.05, 4.69) is 19.1 Å². The molecule has 0 radical (unpaired) electrons. The SMILES string of the molecule is Cc1ccccc1CCC(=O)N(CC(N)=S)C(C)C. The number of carbonyl (C=O) groups excluding carboxylic acids is 1. The van der Waals surface area contributed by atoms with Gasteiger partial charge in [0.1, 0.15) is 0 Å². The van der Waals surface area contributed by atoms with Crippen molar-refractivity contribution >= 4 is 23.1 Å². The Bertz CT molecular complexity index is 457. The van der Waals surface area contributed by atoms with E-state index in [0.29, 0.717) is 18.0 Å². The van der Waals surface area contributed by atoms with Crippen LogP contribution >= 0.6 is 12.2 Å². The highest BCUT2D eigenvalue weighted by atomic mass is 32.1. The zero-order chi connectivity index (χ0) is 14.4. The summed E-state index contributed by atoms with van der Waals surface area (Å²) < 4.78 is 0. The topological polar surface area (TPSA) is 46.3 Å². The monoisotopic (exact) mass is 278 g/mol. The maximum Gasteiger partial charge on any atom is 0.223 e. The van der Waals surface area contributed by atoms with Gasteiger partial charge in [0.25, 0.3) is 0 Å². The van der Waals surface area contributed by atoms with E-state index >= 15 is 0 Å². The zero-order valence-electron chi connectivity index (χ0n) is 11.8. The van der Waals surface area contributed by atoms with Crippen molar-refractivity contribution in [2.75, 3.05) is 6.54 Å². The van der Waals surface area contributed by atoms with Gasteiger partial charge in [-0.25, -0.2) is 0 Å². The molecule has 0 saturated heterocycles. The van der Waals surface area contributed by atoms with Gasteiger partial charge >= 0.3 is 0 Å². The third-order valence-corrected chi connectivity index (χ3v) is 3.27. The van der Waals surface area contributed by atoms with Gasteiger partial charge in [0.05, 0.1) is 11.5 Å². The molecule has 104 valence electrons. The molecule has 0 fully saturated rings. The summed E-state index contributed by atoms with van der Waals surface area (Å²) in [7, 11) is 0. The molecular weight excluding hydrogens is 256 g/mol. The van der Waals surface area contributed by atoms with Crippen LogP contribution in [0.15, 0.2) is 24.3 Å². The van der Waals surface area contributed by atoms with Crippen LogP contribution in [-0.2, 0) is 11.2 Å². The summed E-state index contributed by atoms with van der Waals surface area (Å²) in [5, 5.41) is 0. The van der Waals surface area contributed by atoms with Crippen LogP contribution in [0.1, 0.15) is 31.4 Å². The Balaban J connectivity index is 2.63. The second-order valence-electron chi connectivity index (χ2n) is 5.01. The minimum absolute atomic E-state index is 0.103. The van der Waals surface area contributed by atoms with Gasteiger partial charge in [-0.05, 0) is 38.3 Å². The lowest BCUT2D eigenvalue weighted by Crippen LogP contribution is -2.42. The third-order valence-electron chi connectivity index (χ3n) is 3.14. The number of carbonyl (C=O) groups is 1. The van der Waals surface area contributed by atoms with E-state index in [9.17, 15) is 4.79 Å². The maximum atomic E-state index is 12.2. The van der Waals surface area contributed by atoms with Crippen LogP contribution in [0.3, 0.4) is 0 Å². The van der Waals surface area contributed by atoms with Crippen LogP contribution in [0.2, 0.25) is 0 Å². The van der Waals surface area contributed by atoms with Crippen LogP contribution < -0.4 is 5.73 Å². The van der Waals surface area contributed by atoms with E-state index in [4.69, 9.17) is 18.0 Å². The Morgan fingerprint density at radius 3 is 2.53 bits per heavy atom. The molecule has 0 aliphatic heterocycles. The van der Waals surface area contributed by atoms with Gasteiger partial charge in [-0.1, -0.05) is 36.5 Å². The van der Waals surface area contributed by atoms with E-state index in [1.165, 1.54) is 11.1 Å². The molecule has 1 amide bonds. The van der Waals surface area contributed by atoms with Crippen molar-refractivity contribution in [1.29, 1.82) is 0 Å². The van der Waals surface area contributed by atoms with Crippen LogP contribution in [0.5, 0.6) is 0 Å². The Kier molecular flexibility index (Phi) is 5.96. The summed E-state index contributed by atoms with van der Waals surface area (Å²) in [6.07, 6.45) is 1.25. The lowest BCUT2D eigenvalue weighted by atomic mass is 10.0. The molecule has 3 nitrogen and oxygen atoms in total. The van der Waals surface area contributed by atoms with Gasteiger partial charge in [-0.15, -0.1) is 0 Å². The Morgan fingerprint density at radius 1 is 1.37 bits per heavy atom. The van der Waals surface area contributed by atoms with E-state index in [0.717, 1.165) is 6.42 Å². The van der Waals surface area contributed by atoms with Crippen molar-refractivity contribution in [2.24, 2.45) is 5.73 Å². The number of hydrogen-bond donors (Lipinski definition) is 1. The molecule has 1 rings (SSSR count). The molecule has 1 aromatic rings. The average molecular weight is 278 g/mol. The number of hydrogen-bond acceptors (Lipinski definition) is 2. The highest BCUT2D eigenvalue weighted by Crippen LogP contribution is 2.11. The van der Waals surface area contributed by atoms with Gasteiger partial charge < -0.3 is 10.6 Å². The molecule has 0 aliphatic carbocycles. The second kappa shape index (κ2) is 7.24. The number of nitrogens with zero attached hydrogens (tertiary/aromatic N) is 1. The fraction of sp³-hybridized carbons (Fsp3) is 0.467. The summed E-state index contributed by atoms with van der Waals surface area (Å²) >= 11 is 4.89. The second-order valence-corrected chi connectivity index (χ2v) is 5.53. The van der Waals surface area contributed by atoms with E-state index in [1.807, 2.05) is 26.0 Å². The van der Waals surface area contributed by atoms with Crippen LogP contribution in [-0.4, -0.2) is 28.4 Å². The molecule has 1 aromatic carbocycles. The number of thiocarbonyl (C=S) groups is 1. The molecule has 0 spiro atoms. The van der Waals surface area contributed by atoms with Crippen molar-refractivity contribution < 1.29 is 4.79 Å². The van der Waals surface area contributed by atoms with Crippen molar-refractivity contribution in [1.82, 2.24) is 4.90 Å². The first-order valence-electron chi connectivity index (χ1n) is 6.54. The summed E-state index contributed by atoms with van der Waals surface area (Å²) in [6.45, 7) is 6.38. The lowest BCUT2D eigenvalue weighted by Gasteiger charge is -2.26. The highest BCUT2D eigenvalue weighted by Gasteiger charge is 2.17. The largest absolute Gasteiger partial charge is 0.392 e. The maximum absolute atomic E-state index is 12.2. The first kappa shape index (κ1) is 15.6. The van der Waals surface area contributed by atoms with E-state index < -0.39 is 0 Å².